The fraction of sp³-hybridized carbons (Fsp3) is 0.750. The molecule has 0 saturated carbocycles. The number of carboxylic acid groups (broad SMARTS) is 2. The van der Waals surface area contributed by atoms with Gasteiger partial charge in [0.15, 0.2) is 0 Å². The van der Waals surface area contributed by atoms with E-state index in [1.54, 1.807) is 12.7 Å². The number of aliphatic imine (C=N–C) groups is 2. The van der Waals surface area contributed by atoms with Gasteiger partial charge in [0.25, 0.3) is 0 Å². The molecule has 8 nitrogen and oxygen atoms in total. The van der Waals surface area contributed by atoms with Gasteiger partial charge in [-0.05, 0) is 12.8 Å². The number of carbonyl (C=O) groups is 2. The molecule has 4 N–H and O–H groups in total. The van der Waals surface area contributed by atoms with Gasteiger partial charge >= 0.3 is 11.9 Å². The zero-order chi connectivity index (χ0) is 17.9. The summed E-state index contributed by atoms with van der Waals surface area (Å²) in [5, 5.41) is 22.6. The maximum absolute atomic E-state index is 10.1. The average Bonchev–Trinajstić information content (AvgIpc) is 3.28. The van der Waals surface area contributed by atoms with Crippen molar-refractivity contribution in [3.8, 4) is 0 Å². The van der Waals surface area contributed by atoms with Gasteiger partial charge < -0.3 is 20.8 Å². The standard InChI is InChI=1S/C10H18O4.2C3H6N2/c11-9(12)7-5-3-1-2-4-6-8-10(13)14;2*1-2-5-3-4-1/h1-8H2,(H,11,12)(H,13,14);2*3H,1-2H2,(H,4,5). The van der Waals surface area contributed by atoms with E-state index in [1.165, 1.54) is 0 Å². The van der Waals surface area contributed by atoms with Crippen molar-refractivity contribution in [2.24, 2.45) is 9.98 Å². The van der Waals surface area contributed by atoms with E-state index in [1.807, 2.05) is 0 Å². The normalized spacial score (nSPS) is 13.8. The van der Waals surface area contributed by atoms with E-state index in [0.29, 0.717) is 0 Å². The molecule has 0 aromatic carbocycles. The maximum Gasteiger partial charge on any atom is 0.303 e. The second kappa shape index (κ2) is 17.2. The van der Waals surface area contributed by atoms with E-state index in [9.17, 15) is 9.59 Å². The van der Waals surface area contributed by atoms with Crippen molar-refractivity contribution >= 4 is 24.6 Å². The molecular weight excluding hydrogens is 312 g/mol. The minimum absolute atomic E-state index is 0.245. The molecule has 2 aliphatic heterocycles. The molecule has 0 radical (unpaired) electrons. The first-order valence-electron chi connectivity index (χ1n) is 8.50. The third-order valence-electron chi connectivity index (χ3n) is 3.17. The van der Waals surface area contributed by atoms with Gasteiger partial charge in [-0.25, -0.2) is 0 Å². The summed E-state index contributed by atoms with van der Waals surface area (Å²) in [6, 6.07) is 0. The van der Waals surface area contributed by atoms with Gasteiger partial charge in [0, 0.05) is 25.9 Å². The Morgan fingerprint density at radius 3 is 1.33 bits per heavy atom. The second-order valence-electron chi connectivity index (χ2n) is 5.39. The summed E-state index contributed by atoms with van der Waals surface area (Å²) in [5.74, 6) is -1.48. The van der Waals surface area contributed by atoms with Crippen LogP contribution in [0.1, 0.15) is 51.4 Å². The highest BCUT2D eigenvalue weighted by Gasteiger charge is 1.98. The number of unbranched alkanes of at least 4 members (excludes halogenated alkanes) is 5. The Bertz CT molecular complexity index is 338. The van der Waals surface area contributed by atoms with E-state index in [0.717, 1.165) is 64.7 Å². The van der Waals surface area contributed by atoms with Crippen molar-refractivity contribution in [2.45, 2.75) is 51.4 Å². The molecule has 2 rings (SSSR count). The highest BCUT2D eigenvalue weighted by Crippen LogP contribution is 2.08. The van der Waals surface area contributed by atoms with E-state index in [4.69, 9.17) is 10.2 Å². The highest BCUT2D eigenvalue weighted by atomic mass is 16.4. The number of hydrogen-bond acceptors (Lipinski definition) is 6. The quantitative estimate of drug-likeness (QED) is 0.471. The summed E-state index contributed by atoms with van der Waals surface area (Å²) in [6.45, 7) is 3.97. The molecule has 0 fully saturated rings. The van der Waals surface area contributed by atoms with Crippen LogP contribution in [0.25, 0.3) is 0 Å². The Balaban J connectivity index is 0.000000420. The molecule has 0 amide bonds. The van der Waals surface area contributed by atoms with Gasteiger partial charge in [0.2, 0.25) is 0 Å². The number of nitrogens with zero attached hydrogens (tertiary/aromatic N) is 2. The van der Waals surface area contributed by atoms with Crippen LogP contribution in [0.2, 0.25) is 0 Å². The van der Waals surface area contributed by atoms with Crippen LogP contribution in [0.4, 0.5) is 0 Å². The van der Waals surface area contributed by atoms with Crippen molar-refractivity contribution in [3.63, 3.8) is 0 Å². The average molecular weight is 342 g/mol. The number of aliphatic carboxylic acids is 2. The lowest BCUT2D eigenvalue weighted by Gasteiger charge is -1.98. The van der Waals surface area contributed by atoms with Gasteiger partial charge in [-0.3, -0.25) is 19.6 Å². The van der Waals surface area contributed by atoms with Crippen LogP contribution in [-0.2, 0) is 9.59 Å². The Morgan fingerprint density at radius 1 is 0.750 bits per heavy atom. The summed E-state index contributed by atoms with van der Waals surface area (Å²) >= 11 is 0. The minimum atomic E-state index is -0.740. The Hall–Kier alpha value is -2.12. The lowest BCUT2D eigenvalue weighted by atomic mass is 10.1. The van der Waals surface area contributed by atoms with E-state index in [2.05, 4.69) is 20.6 Å². The first-order chi connectivity index (χ1) is 11.6. The molecule has 24 heavy (non-hydrogen) atoms. The molecule has 0 aromatic rings. The van der Waals surface area contributed by atoms with Crippen LogP contribution in [0, 0.1) is 0 Å². The molecule has 0 unspecified atom stereocenters. The molecule has 138 valence electrons. The van der Waals surface area contributed by atoms with Crippen molar-refractivity contribution in [3.05, 3.63) is 0 Å². The highest BCUT2D eigenvalue weighted by molar-refractivity contribution is 5.66. The van der Waals surface area contributed by atoms with Gasteiger partial charge in [0.1, 0.15) is 0 Å². The van der Waals surface area contributed by atoms with Crippen LogP contribution in [0.5, 0.6) is 0 Å². The molecule has 0 aliphatic carbocycles. The number of hydrogen-bond donors (Lipinski definition) is 4. The predicted octanol–water partition coefficient (Wildman–Crippen LogP) is 1.51. The fourth-order valence-electron chi connectivity index (χ4n) is 1.91. The van der Waals surface area contributed by atoms with Crippen molar-refractivity contribution in [2.75, 3.05) is 26.2 Å². The molecule has 0 atom stereocenters. The largest absolute Gasteiger partial charge is 0.481 e. The van der Waals surface area contributed by atoms with E-state index < -0.39 is 11.9 Å². The predicted molar refractivity (Wildman–Crippen MR) is 94.9 cm³/mol. The van der Waals surface area contributed by atoms with Crippen LogP contribution >= 0.6 is 0 Å². The Kier molecular flexibility index (Phi) is 15.7. The third-order valence-corrected chi connectivity index (χ3v) is 3.17. The Labute approximate surface area is 143 Å². The minimum Gasteiger partial charge on any atom is -0.481 e. The van der Waals surface area contributed by atoms with Gasteiger partial charge in [0.05, 0.1) is 25.8 Å². The zero-order valence-corrected chi connectivity index (χ0v) is 14.2. The number of nitrogens with one attached hydrogen (secondary N) is 2. The first kappa shape index (κ1) is 21.9. The third kappa shape index (κ3) is 19.9. The molecule has 2 heterocycles. The SMILES string of the molecule is C1=NCCN1.C1=NCCN1.O=C(O)CCCCCCCCC(=O)O. The molecule has 0 saturated heterocycles. The maximum atomic E-state index is 10.1. The zero-order valence-electron chi connectivity index (χ0n) is 14.2. The molecule has 2 aliphatic rings. The topological polar surface area (TPSA) is 123 Å². The first-order valence-corrected chi connectivity index (χ1v) is 8.50. The lowest BCUT2D eigenvalue weighted by Crippen LogP contribution is -2.04. The van der Waals surface area contributed by atoms with Crippen molar-refractivity contribution in [1.29, 1.82) is 0 Å². The summed E-state index contributed by atoms with van der Waals surface area (Å²) in [6.07, 6.45) is 9.30. The lowest BCUT2D eigenvalue weighted by molar-refractivity contribution is -0.138. The molecule has 0 aromatic heterocycles. The van der Waals surface area contributed by atoms with Crippen molar-refractivity contribution < 1.29 is 19.8 Å². The summed E-state index contributed by atoms with van der Waals surface area (Å²) in [5.41, 5.74) is 0. The monoisotopic (exact) mass is 342 g/mol. The molecule has 8 heteroatoms. The van der Waals surface area contributed by atoms with Crippen LogP contribution in [0.3, 0.4) is 0 Å². The Morgan fingerprint density at radius 2 is 1.12 bits per heavy atom. The molecule has 0 spiro atoms. The van der Waals surface area contributed by atoms with Crippen LogP contribution in [-0.4, -0.2) is 61.0 Å². The van der Waals surface area contributed by atoms with Crippen molar-refractivity contribution in [1.82, 2.24) is 10.6 Å². The van der Waals surface area contributed by atoms with Crippen LogP contribution in [0.15, 0.2) is 9.98 Å². The van der Waals surface area contributed by atoms with Gasteiger partial charge in [-0.1, -0.05) is 25.7 Å². The smallest absolute Gasteiger partial charge is 0.303 e. The van der Waals surface area contributed by atoms with Gasteiger partial charge in [-0.15, -0.1) is 0 Å². The fourth-order valence-corrected chi connectivity index (χ4v) is 1.91. The summed E-state index contributed by atoms with van der Waals surface area (Å²) in [4.78, 5) is 28.0. The number of rotatable bonds is 9. The summed E-state index contributed by atoms with van der Waals surface area (Å²) in [7, 11) is 0. The number of carboxylic acids is 2. The molecule has 0 bridgehead atoms. The van der Waals surface area contributed by atoms with Crippen LogP contribution < -0.4 is 10.6 Å². The van der Waals surface area contributed by atoms with E-state index in [-0.39, 0.29) is 12.8 Å². The van der Waals surface area contributed by atoms with E-state index >= 15 is 0 Å². The second-order valence-corrected chi connectivity index (χ2v) is 5.39. The van der Waals surface area contributed by atoms with Gasteiger partial charge in [-0.2, -0.15) is 0 Å². The molecular formula is C16H30N4O4. The summed E-state index contributed by atoms with van der Waals surface area (Å²) < 4.78 is 0.